The van der Waals surface area contributed by atoms with Gasteiger partial charge >= 0.3 is 5.97 Å². The lowest BCUT2D eigenvalue weighted by atomic mass is 10.1. The van der Waals surface area contributed by atoms with Gasteiger partial charge in [0.05, 0.1) is 7.11 Å². The summed E-state index contributed by atoms with van der Waals surface area (Å²) < 4.78 is 4.70. The Kier molecular flexibility index (Phi) is 3.88. The number of benzene rings is 1. The zero-order valence-electron chi connectivity index (χ0n) is 10.8. The van der Waals surface area contributed by atoms with Gasteiger partial charge in [0.25, 0.3) is 0 Å². The minimum absolute atomic E-state index is 0.00843. The van der Waals surface area contributed by atoms with E-state index in [0.717, 1.165) is 16.9 Å². The first-order valence-corrected chi connectivity index (χ1v) is 5.92. The predicted molar refractivity (Wildman–Crippen MR) is 72.5 cm³/mol. The third kappa shape index (κ3) is 2.70. The van der Waals surface area contributed by atoms with Gasteiger partial charge in [-0.2, -0.15) is 10.5 Å². The summed E-state index contributed by atoms with van der Waals surface area (Å²) in [4.78, 5) is 11.5. The summed E-state index contributed by atoms with van der Waals surface area (Å²) in [5, 5.41) is 23.2. The van der Waals surface area contributed by atoms with Crippen molar-refractivity contribution in [3.63, 3.8) is 0 Å². The van der Waals surface area contributed by atoms with Crippen LogP contribution in [0.15, 0.2) is 30.0 Å². The Morgan fingerprint density at radius 2 is 2.25 bits per heavy atom. The van der Waals surface area contributed by atoms with Gasteiger partial charge in [-0.1, -0.05) is 6.07 Å². The summed E-state index contributed by atoms with van der Waals surface area (Å²) in [7, 11) is 1.36. The fraction of sp³-hybridized carbons (Fsp3) is 0.214. The number of rotatable bonds is 3. The van der Waals surface area contributed by atoms with E-state index in [1.54, 1.807) is 12.1 Å². The first kappa shape index (κ1) is 13.4. The van der Waals surface area contributed by atoms with Gasteiger partial charge in [-0.05, 0) is 17.7 Å². The van der Waals surface area contributed by atoms with E-state index in [9.17, 15) is 4.79 Å². The Morgan fingerprint density at radius 3 is 2.90 bits per heavy atom. The minimum Gasteiger partial charge on any atom is -0.467 e. The van der Waals surface area contributed by atoms with Gasteiger partial charge in [-0.15, -0.1) is 0 Å². The van der Waals surface area contributed by atoms with Crippen molar-refractivity contribution in [1.29, 1.82) is 10.5 Å². The molecule has 1 unspecified atom stereocenters. The third-order valence-corrected chi connectivity index (χ3v) is 2.97. The van der Waals surface area contributed by atoms with Crippen molar-refractivity contribution in [1.82, 2.24) is 0 Å². The first-order valence-electron chi connectivity index (χ1n) is 5.92. The van der Waals surface area contributed by atoms with Crippen molar-refractivity contribution in [3.05, 3.63) is 35.5 Å². The minimum atomic E-state index is -0.366. The summed E-state index contributed by atoms with van der Waals surface area (Å²) in [5.41, 5.74) is 2.58. The maximum atomic E-state index is 11.5. The number of hydrogen-bond acceptors (Lipinski definition) is 6. The molecule has 0 aliphatic carbocycles. The number of hydrogen-bond donors (Lipinski definition) is 2. The number of methoxy groups -OCH3 is 1. The number of carbonyl (C=O) groups excluding carboxylic acids is 1. The number of esters is 1. The molecule has 20 heavy (non-hydrogen) atoms. The van der Waals surface area contributed by atoms with Gasteiger partial charge < -0.3 is 15.4 Å². The quantitative estimate of drug-likeness (QED) is 0.637. The number of nitrogens with one attached hydrogen (secondary N) is 2. The van der Waals surface area contributed by atoms with Crippen LogP contribution in [0.1, 0.15) is 5.56 Å². The molecule has 100 valence electrons. The second kappa shape index (κ2) is 5.77. The number of allylic oxidation sites excluding steroid dienone is 1. The number of carbonyl (C=O) groups is 1. The largest absolute Gasteiger partial charge is 0.467 e. The molecule has 6 nitrogen and oxygen atoms in total. The number of nitrogens with zero attached hydrogens (tertiary/aromatic N) is 2. The molecule has 1 aromatic carbocycles. The predicted octanol–water partition coefficient (Wildman–Crippen LogP) is 1.54. The normalized spacial score (nSPS) is 15.1. The van der Waals surface area contributed by atoms with Gasteiger partial charge in [-0.3, -0.25) is 0 Å². The van der Waals surface area contributed by atoms with Crippen LogP contribution in [0, 0.1) is 22.7 Å². The van der Waals surface area contributed by atoms with Crippen molar-refractivity contribution in [2.45, 2.75) is 12.5 Å². The average Bonchev–Trinajstić information content (AvgIpc) is 2.90. The number of ether oxygens (including phenoxy) is 1. The topological polar surface area (TPSA) is 97.9 Å². The molecule has 1 aromatic rings. The molecular formula is C14H12N4O2. The molecule has 0 amide bonds. The molecule has 0 bridgehead atoms. The number of nitriles is 2. The van der Waals surface area contributed by atoms with Crippen LogP contribution in [0.3, 0.4) is 0 Å². The van der Waals surface area contributed by atoms with E-state index in [0.29, 0.717) is 6.42 Å². The van der Waals surface area contributed by atoms with Crippen LogP contribution in [-0.4, -0.2) is 19.1 Å². The van der Waals surface area contributed by atoms with Crippen molar-refractivity contribution in [3.8, 4) is 12.1 Å². The molecule has 0 spiro atoms. The van der Waals surface area contributed by atoms with E-state index in [1.807, 2.05) is 18.2 Å². The highest BCUT2D eigenvalue weighted by Crippen LogP contribution is 2.29. The van der Waals surface area contributed by atoms with Crippen LogP contribution in [0.25, 0.3) is 0 Å². The number of anilines is 2. The lowest BCUT2D eigenvalue weighted by Crippen LogP contribution is -2.27. The molecule has 0 radical (unpaired) electrons. The monoisotopic (exact) mass is 268 g/mol. The van der Waals surface area contributed by atoms with Crippen molar-refractivity contribution in [2.24, 2.45) is 0 Å². The lowest BCUT2D eigenvalue weighted by Gasteiger charge is -2.08. The van der Waals surface area contributed by atoms with Gasteiger partial charge in [0.1, 0.15) is 23.8 Å². The van der Waals surface area contributed by atoms with E-state index in [4.69, 9.17) is 15.3 Å². The summed E-state index contributed by atoms with van der Waals surface area (Å²) in [6.45, 7) is 0. The smallest absolute Gasteiger partial charge is 0.328 e. The van der Waals surface area contributed by atoms with E-state index >= 15 is 0 Å². The number of fused-ring (bicyclic) bond motifs is 1. The van der Waals surface area contributed by atoms with Gasteiger partial charge in [0.15, 0.2) is 0 Å². The molecule has 2 N–H and O–H groups in total. The maximum Gasteiger partial charge on any atom is 0.328 e. The Morgan fingerprint density at radius 1 is 1.50 bits per heavy atom. The van der Waals surface area contributed by atoms with Crippen LogP contribution in [0.4, 0.5) is 11.4 Å². The van der Waals surface area contributed by atoms with Crippen molar-refractivity contribution < 1.29 is 9.53 Å². The molecule has 0 fully saturated rings. The highest BCUT2D eigenvalue weighted by Gasteiger charge is 2.27. The average molecular weight is 268 g/mol. The standard InChI is InChI=1S/C14H12N4O2/c1-20-14(19)13-4-10-2-3-11(5-12(10)18-13)17-8-9(6-15)7-16/h2-3,5,8,13,17-18H,4H2,1H3. The van der Waals surface area contributed by atoms with Gasteiger partial charge in [0.2, 0.25) is 0 Å². The summed E-state index contributed by atoms with van der Waals surface area (Å²) in [5.74, 6) is -0.299. The first-order chi connectivity index (χ1) is 9.67. The lowest BCUT2D eigenvalue weighted by molar-refractivity contribution is -0.141. The molecule has 0 saturated carbocycles. The molecular weight excluding hydrogens is 256 g/mol. The molecule has 0 saturated heterocycles. The fourth-order valence-electron chi connectivity index (χ4n) is 1.97. The zero-order valence-corrected chi connectivity index (χ0v) is 10.8. The molecule has 1 aliphatic rings. The molecule has 1 heterocycles. The van der Waals surface area contributed by atoms with Crippen molar-refractivity contribution in [2.75, 3.05) is 17.7 Å². The molecule has 1 aliphatic heterocycles. The highest BCUT2D eigenvalue weighted by molar-refractivity contribution is 5.83. The SMILES string of the molecule is COC(=O)C1Cc2ccc(NC=C(C#N)C#N)cc2N1. The molecule has 2 rings (SSSR count). The van der Waals surface area contributed by atoms with E-state index in [2.05, 4.69) is 10.6 Å². The maximum absolute atomic E-state index is 11.5. The van der Waals surface area contributed by atoms with Crippen LogP contribution >= 0.6 is 0 Å². The molecule has 0 aromatic heterocycles. The Balaban J connectivity index is 2.13. The molecule has 6 heteroatoms. The fourth-order valence-corrected chi connectivity index (χ4v) is 1.97. The second-order valence-corrected chi connectivity index (χ2v) is 4.22. The Bertz CT molecular complexity index is 636. The summed E-state index contributed by atoms with van der Waals surface area (Å²) >= 11 is 0. The third-order valence-electron chi connectivity index (χ3n) is 2.97. The zero-order chi connectivity index (χ0) is 14.5. The van der Waals surface area contributed by atoms with E-state index < -0.39 is 0 Å². The van der Waals surface area contributed by atoms with Crippen molar-refractivity contribution >= 4 is 17.3 Å². The van der Waals surface area contributed by atoms with E-state index in [1.165, 1.54) is 13.3 Å². The van der Waals surface area contributed by atoms with Crippen LogP contribution in [0.5, 0.6) is 0 Å². The molecule has 1 atom stereocenters. The van der Waals surface area contributed by atoms with E-state index in [-0.39, 0.29) is 17.6 Å². The van der Waals surface area contributed by atoms with Crippen LogP contribution in [-0.2, 0) is 16.0 Å². The Hall–Kier alpha value is -2.99. The summed E-state index contributed by atoms with van der Waals surface area (Å²) in [6, 6.07) is 8.69. The van der Waals surface area contributed by atoms with Gasteiger partial charge in [-0.25, -0.2) is 4.79 Å². The van der Waals surface area contributed by atoms with Gasteiger partial charge in [0, 0.05) is 24.0 Å². The Labute approximate surface area is 116 Å². The highest BCUT2D eigenvalue weighted by atomic mass is 16.5. The summed E-state index contributed by atoms with van der Waals surface area (Å²) in [6.07, 6.45) is 1.92. The van der Waals surface area contributed by atoms with Crippen LogP contribution < -0.4 is 10.6 Å². The second-order valence-electron chi connectivity index (χ2n) is 4.22. The van der Waals surface area contributed by atoms with Crippen LogP contribution in [0.2, 0.25) is 0 Å².